The Morgan fingerprint density at radius 3 is 1.41 bits per heavy atom. The molecule has 32 heavy (non-hydrogen) atoms. The van der Waals surface area contributed by atoms with E-state index in [-0.39, 0.29) is 5.41 Å². The summed E-state index contributed by atoms with van der Waals surface area (Å²) >= 11 is 1.82. The van der Waals surface area contributed by atoms with E-state index in [2.05, 4.69) is 111 Å². The predicted octanol–water partition coefficient (Wildman–Crippen LogP) is 8.35. The largest absolute Gasteiger partial charge is 0.0904 e. The number of allylic oxidation sites excluding steroid dienone is 4. The smallest absolute Gasteiger partial charge is 0.0271 e. The van der Waals surface area contributed by atoms with Gasteiger partial charge in [0.25, 0.3) is 0 Å². The zero-order chi connectivity index (χ0) is 23.8. The van der Waals surface area contributed by atoms with Gasteiger partial charge in [-0.15, -0.1) is 6.92 Å². The van der Waals surface area contributed by atoms with E-state index in [1.807, 2.05) is 17.3 Å². The van der Waals surface area contributed by atoms with Crippen LogP contribution >= 0.6 is 26.9 Å². The fourth-order valence-electron chi connectivity index (χ4n) is 3.59. The minimum atomic E-state index is 0.189. The van der Waals surface area contributed by atoms with Crippen molar-refractivity contribution in [1.29, 1.82) is 0 Å². The third kappa shape index (κ3) is 11.7. The predicted molar refractivity (Wildman–Crippen MR) is 147 cm³/mol. The van der Waals surface area contributed by atoms with Crippen LogP contribution in [-0.2, 0) is 17.3 Å². The fraction of sp³-hybridized carbons (Fsp3) is 0.429. The number of benzene rings is 2. The van der Waals surface area contributed by atoms with Crippen LogP contribution < -0.4 is 10.6 Å². The van der Waals surface area contributed by atoms with Gasteiger partial charge in [-0.05, 0) is 35.8 Å². The van der Waals surface area contributed by atoms with Gasteiger partial charge in [-0.2, -0.15) is 11.1 Å². The van der Waals surface area contributed by atoms with Gasteiger partial charge in [-0.3, -0.25) is 6.08 Å². The van der Waals surface area contributed by atoms with Gasteiger partial charge in [0, 0.05) is 0 Å². The van der Waals surface area contributed by atoms with E-state index >= 15 is 0 Å². The summed E-state index contributed by atoms with van der Waals surface area (Å²) in [5.74, 6) is 0. The van der Waals surface area contributed by atoms with E-state index in [1.54, 1.807) is 0 Å². The molecule has 3 rings (SSSR count). The van der Waals surface area contributed by atoms with E-state index in [0.717, 1.165) is 17.2 Å². The summed E-state index contributed by atoms with van der Waals surface area (Å²) in [6.45, 7) is 10.9. The Labute approximate surface area is 215 Å². The van der Waals surface area contributed by atoms with Gasteiger partial charge in [0.05, 0.1) is 0 Å². The summed E-state index contributed by atoms with van der Waals surface area (Å²) in [4.78, 5) is 0. The second kappa shape index (κ2) is 17.2. The molecule has 0 N–H and O–H groups in total. The van der Waals surface area contributed by atoms with Gasteiger partial charge in [-0.25, -0.2) is 5.57 Å². The fourth-order valence-corrected chi connectivity index (χ4v) is 5.87. The molecule has 4 heteroatoms. The molecule has 0 saturated heterocycles. The molecule has 0 bridgehead atoms. The van der Waals surface area contributed by atoms with Crippen molar-refractivity contribution in [1.82, 2.24) is 0 Å². The summed E-state index contributed by atoms with van der Waals surface area (Å²) in [5, 5.41) is 3.02. The third-order valence-electron chi connectivity index (χ3n) is 5.87. The molecule has 0 heterocycles. The first-order valence-electron chi connectivity index (χ1n) is 11.4. The molecule has 0 amide bonds. The van der Waals surface area contributed by atoms with Crippen molar-refractivity contribution in [2.24, 2.45) is 5.41 Å². The molecule has 0 aromatic heterocycles. The molecule has 176 valence electrons. The van der Waals surface area contributed by atoms with Gasteiger partial charge in [0.1, 0.15) is 0 Å². The van der Waals surface area contributed by atoms with Crippen LogP contribution in [0.4, 0.5) is 0 Å². The van der Waals surface area contributed by atoms with Crippen LogP contribution in [0.3, 0.4) is 0 Å². The van der Waals surface area contributed by atoms with Crippen molar-refractivity contribution in [3.05, 3.63) is 83.5 Å². The van der Waals surface area contributed by atoms with Crippen LogP contribution in [0, 0.1) is 11.5 Å². The summed E-state index contributed by atoms with van der Waals surface area (Å²) < 4.78 is 0. The molecule has 0 nitrogen and oxygen atoms in total. The van der Waals surface area contributed by atoms with Crippen LogP contribution in [0.25, 0.3) is 0 Å². The van der Waals surface area contributed by atoms with Crippen molar-refractivity contribution >= 4 is 37.5 Å². The van der Waals surface area contributed by atoms with E-state index < -0.39 is 0 Å². The van der Waals surface area contributed by atoms with E-state index in [1.165, 1.54) is 65.3 Å². The maximum absolute atomic E-state index is 4.57. The van der Waals surface area contributed by atoms with Crippen molar-refractivity contribution < 1.29 is 17.3 Å². The van der Waals surface area contributed by atoms with Gasteiger partial charge in [-0.1, -0.05) is 124 Å². The van der Waals surface area contributed by atoms with Crippen molar-refractivity contribution in [2.45, 2.75) is 60.3 Å². The quantitative estimate of drug-likeness (QED) is 0.122. The second-order valence-corrected chi connectivity index (χ2v) is 11.5. The summed E-state index contributed by atoms with van der Waals surface area (Å²) in [5.41, 5.74) is 4.39. The summed E-state index contributed by atoms with van der Waals surface area (Å²) in [7, 11) is 6.56. The minimum Gasteiger partial charge on any atom is -0.0904 e. The first-order chi connectivity index (χ1) is 15.4. The molecule has 0 aliphatic heterocycles. The zero-order valence-corrected chi connectivity index (χ0v) is 24.7. The molecule has 2 aromatic carbocycles. The first kappa shape index (κ1) is 29.7. The van der Waals surface area contributed by atoms with Gasteiger partial charge < -0.3 is 0 Å². The molecular formula is C28H39ClP2Ru. The topological polar surface area (TPSA) is 0 Å². The molecule has 2 atom stereocenters. The Hall–Kier alpha value is -0.307. The van der Waals surface area contributed by atoms with E-state index in [4.69, 9.17) is 0 Å². The van der Waals surface area contributed by atoms with Crippen molar-refractivity contribution in [3.63, 3.8) is 0 Å². The first-order valence-corrected chi connectivity index (χ1v) is 16.1. The maximum Gasteiger partial charge on any atom is -0.0271 e. The molecule has 0 fully saturated rings. The zero-order valence-electron chi connectivity index (χ0n) is 20.2. The minimum absolute atomic E-state index is 0.189. The Bertz CT molecular complexity index is 768. The third-order valence-corrected chi connectivity index (χ3v) is 8.56. The second-order valence-electron chi connectivity index (χ2n) is 8.62. The Balaban J connectivity index is 0.000000358. The van der Waals surface area contributed by atoms with Gasteiger partial charge >= 0.3 is 27.0 Å². The summed E-state index contributed by atoms with van der Waals surface area (Å²) in [6, 6.07) is 21.8. The van der Waals surface area contributed by atoms with Gasteiger partial charge in [0.15, 0.2) is 0 Å². The van der Waals surface area contributed by atoms with Crippen LogP contribution in [-0.4, -0.2) is 12.3 Å². The number of rotatable bonds is 9. The monoisotopic (exact) mass is 574 g/mol. The van der Waals surface area contributed by atoms with Crippen LogP contribution in [0.1, 0.15) is 60.3 Å². The molecular weight excluding hydrogens is 535 g/mol. The van der Waals surface area contributed by atoms with E-state index in [9.17, 15) is 0 Å². The Morgan fingerprint density at radius 1 is 0.719 bits per heavy atom. The molecule has 0 radical (unpaired) electrons. The van der Waals surface area contributed by atoms with Crippen LogP contribution in [0.5, 0.6) is 0 Å². The van der Waals surface area contributed by atoms with Crippen LogP contribution in [0.2, 0.25) is 0 Å². The molecule has 0 saturated carbocycles. The van der Waals surface area contributed by atoms with E-state index in [0.29, 0.717) is 0 Å². The van der Waals surface area contributed by atoms with Crippen molar-refractivity contribution in [2.75, 3.05) is 12.3 Å². The molecule has 1 aliphatic carbocycles. The number of halogens is 1. The number of hydrogen-bond donors (Lipinski definition) is 0. The molecule has 2 aromatic rings. The normalized spacial score (nSPS) is 14.9. The Kier molecular flexibility index (Phi) is 16.0. The van der Waals surface area contributed by atoms with Crippen molar-refractivity contribution in [3.8, 4) is 0 Å². The standard InChI is InChI=1S/C18H24P2.C10H15.ClH.Ru/c1(9-15-19-17-11-5-3-6-12-17)2-10-16-20-18-13-7-4-8-14-18;1-7-6-10(4,5)9(3)8(7)2;;/h3-8,11-14,19-20H,1-2,9-10,15-16H2;1-5H3;1H;/q;-1;;+2/p-1. The van der Waals surface area contributed by atoms with Crippen LogP contribution in [0.15, 0.2) is 77.4 Å². The molecule has 0 spiro atoms. The average Bonchev–Trinajstić information content (AvgIpc) is 3.00. The number of unbranched alkanes of at least 4 members (excludes halogenated alkanes) is 3. The average molecular weight is 574 g/mol. The summed E-state index contributed by atoms with van der Waals surface area (Å²) in [6.07, 6.45) is 11.8. The number of hydrogen-bond acceptors (Lipinski definition) is 0. The Morgan fingerprint density at radius 2 is 1.12 bits per heavy atom. The van der Waals surface area contributed by atoms with Gasteiger partial charge in [0.2, 0.25) is 0 Å². The molecule has 2 unspecified atom stereocenters. The molecule has 1 aliphatic rings. The maximum atomic E-state index is 4.57. The SMILES string of the molecule is CC1=[C-]C(C)(C)C(C)=C1C.[Cl][Ru+].c1ccc(PCCCCCCPc2ccccc2)cc1.